The number of amides is 2. The van der Waals surface area contributed by atoms with Crippen LogP contribution in [0.1, 0.15) is 6.42 Å². The molecule has 0 aliphatic carbocycles. The summed E-state index contributed by atoms with van der Waals surface area (Å²) in [6.07, 6.45) is 0.0204. The summed E-state index contributed by atoms with van der Waals surface area (Å²) in [5.74, 6) is -1.33. The average molecular weight is 437 g/mol. The van der Waals surface area contributed by atoms with E-state index in [-0.39, 0.29) is 23.9 Å². The van der Waals surface area contributed by atoms with Crippen LogP contribution in [0.3, 0.4) is 0 Å². The Morgan fingerprint density at radius 1 is 1.17 bits per heavy atom. The molecule has 1 N–H and O–H groups in total. The minimum atomic E-state index is -0.646. The Bertz CT molecular complexity index is 933. The van der Waals surface area contributed by atoms with Gasteiger partial charge in [-0.2, -0.15) is 0 Å². The van der Waals surface area contributed by atoms with Crippen LogP contribution in [-0.4, -0.2) is 38.0 Å². The van der Waals surface area contributed by atoms with Crippen molar-refractivity contribution in [3.8, 4) is 5.75 Å². The van der Waals surface area contributed by atoms with Gasteiger partial charge in [0.2, 0.25) is 5.91 Å². The second kappa shape index (κ2) is 9.15. The second-order valence-corrected chi connectivity index (χ2v) is 7.15. The molecule has 2 aromatic rings. The quantitative estimate of drug-likeness (QED) is 0.699. The summed E-state index contributed by atoms with van der Waals surface area (Å²) in [6.45, 7) is -0.305. The normalized spacial score (nSPS) is 15.9. The van der Waals surface area contributed by atoms with Crippen molar-refractivity contribution < 1.29 is 23.9 Å². The largest absolute Gasteiger partial charge is 0.497 e. The molecular weight excluding hydrogens is 419 g/mol. The van der Waals surface area contributed by atoms with Crippen LogP contribution in [0.4, 0.5) is 11.4 Å². The molecule has 1 fully saturated rings. The molecular formula is C20H18Cl2N2O5. The molecule has 1 saturated heterocycles. The lowest BCUT2D eigenvalue weighted by Gasteiger charge is -2.17. The van der Waals surface area contributed by atoms with E-state index in [9.17, 15) is 14.4 Å². The standard InChI is InChI=1S/C20H18Cl2N2O5/c1-28-14-7-5-13(6-8-14)24-10-12(9-18(24)26)20(27)29-11-17(25)23-16-4-2-3-15(21)19(16)22/h2-8,12H,9-11H2,1H3,(H,23,25). The zero-order valence-corrected chi connectivity index (χ0v) is 17.0. The number of carbonyl (C=O) groups excluding carboxylic acids is 3. The van der Waals surface area contributed by atoms with E-state index < -0.39 is 24.4 Å². The molecule has 7 nitrogen and oxygen atoms in total. The monoisotopic (exact) mass is 436 g/mol. The molecule has 9 heteroatoms. The first-order valence-electron chi connectivity index (χ1n) is 8.74. The number of rotatable bonds is 6. The summed E-state index contributed by atoms with van der Waals surface area (Å²) in [5.41, 5.74) is 0.987. The predicted octanol–water partition coefficient (Wildman–Crippen LogP) is 3.54. The molecule has 1 unspecified atom stereocenters. The zero-order chi connectivity index (χ0) is 21.0. The highest BCUT2D eigenvalue weighted by molar-refractivity contribution is 6.44. The van der Waals surface area contributed by atoms with Gasteiger partial charge in [0.1, 0.15) is 5.75 Å². The van der Waals surface area contributed by atoms with Crippen LogP contribution in [0, 0.1) is 5.92 Å². The number of esters is 1. The number of carbonyl (C=O) groups is 3. The van der Waals surface area contributed by atoms with Gasteiger partial charge in [-0.15, -0.1) is 0 Å². The molecule has 1 atom stereocenters. The molecule has 1 aliphatic heterocycles. The molecule has 1 aliphatic rings. The molecule has 0 aromatic heterocycles. The fourth-order valence-corrected chi connectivity index (χ4v) is 3.27. The Labute approximate surface area is 177 Å². The minimum Gasteiger partial charge on any atom is -0.497 e. The highest BCUT2D eigenvalue weighted by Crippen LogP contribution is 2.30. The van der Waals surface area contributed by atoms with E-state index >= 15 is 0 Å². The fraction of sp³-hybridized carbons (Fsp3) is 0.250. The number of benzene rings is 2. The van der Waals surface area contributed by atoms with Crippen molar-refractivity contribution in [1.82, 2.24) is 0 Å². The van der Waals surface area contributed by atoms with Crippen molar-refractivity contribution in [3.05, 3.63) is 52.5 Å². The summed E-state index contributed by atoms with van der Waals surface area (Å²) >= 11 is 11.9. The molecule has 0 bridgehead atoms. The van der Waals surface area contributed by atoms with E-state index in [1.54, 1.807) is 49.6 Å². The van der Waals surface area contributed by atoms with Crippen molar-refractivity contribution in [1.29, 1.82) is 0 Å². The number of methoxy groups -OCH3 is 1. The topological polar surface area (TPSA) is 84.9 Å². The van der Waals surface area contributed by atoms with Gasteiger partial charge >= 0.3 is 5.97 Å². The number of ether oxygens (including phenoxy) is 2. The molecule has 2 amide bonds. The van der Waals surface area contributed by atoms with E-state index in [4.69, 9.17) is 32.7 Å². The summed E-state index contributed by atoms with van der Waals surface area (Å²) in [4.78, 5) is 38.1. The van der Waals surface area contributed by atoms with Crippen molar-refractivity contribution in [3.63, 3.8) is 0 Å². The third-order valence-electron chi connectivity index (χ3n) is 4.41. The molecule has 3 rings (SSSR count). The molecule has 152 valence electrons. The van der Waals surface area contributed by atoms with E-state index in [0.717, 1.165) is 0 Å². The molecule has 0 saturated carbocycles. The number of nitrogens with zero attached hydrogens (tertiary/aromatic N) is 1. The number of halogens is 2. The molecule has 0 spiro atoms. The first-order valence-corrected chi connectivity index (χ1v) is 9.49. The number of nitrogens with one attached hydrogen (secondary N) is 1. The summed E-state index contributed by atoms with van der Waals surface area (Å²) in [5, 5.41) is 3.02. The lowest BCUT2D eigenvalue weighted by Crippen LogP contribution is -2.28. The number of hydrogen-bond donors (Lipinski definition) is 1. The maximum Gasteiger partial charge on any atom is 0.311 e. The highest BCUT2D eigenvalue weighted by Gasteiger charge is 2.36. The maximum atomic E-state index is 12.3. The van der Waals surface area contributed by atoms with Crippen LogP contribution in [0.25, 0.3) is 0 Å². The van der Waals surface area contributed by atoms with Crippen LogP contribution in [0.15, 0.2) is 42.5 Å². The van der Waals surface area contributed by atoms with Crippen LogP contribution in [0.5, 0.6) is 5.75 Å². The zero-order valence-electron chi connectivity index (χ0n) is 15.5. The summed E-state index contributed by atoms with van der Waals surface area (Å²) < 4.78 is 10.2. The van der Waals surface area contributed by atoms with Gasteiger partial charge in [-0.05, 0) is 36.4 Å². The number of hydrogen-bond acceptors (Lipinski definition) is 5. The van der Waals surface area contributed by atoms with Crippen LogP contribution >= 0.6 is 23.2 Å². The van der Waals surface area contributed by atoms with Crippen molar-refractivity contribution >= 4 is 52.4 Å². The highest BCUT2D eigenvalue weighted by atomic mass is 35.5. The molecule has 0 radical (unpaired) electrons. The van der Waals surface area contributed by atoms with E-state index in [2.05, 4.69) is 5.32 Å². The lowest BCUT2D eigenvalue weighted by molar-refractivity contribution is -0.151. The Morgan fingerprint density at radius 2 is 1.90 bits per heavy atom. The van der Waals surface area contributed by atoms with Gasteiger partial charge in [0, 0.05) is 18.7 Å². The predicted molar refractivity (Wildman–Crippen MR) is 110 cm³/mol. The van der Waals surface area contributed by atoms with Crippen molar-refractivity contribution in [2.45, 2.75) is 6.42 Å². The van der Waals surface area contributed by atoms with Crippen LogP contribution in [-0.2, 0) is 19.1 Å². The van der Waals surface area contributed by atoms with Gasteiger partial charge in [-0.3, -0.25) is 14.4 Å². The van der Waals surface area contributed by atoms with Gasteiger partial charge in [-0.1, -0.05) is 29.3 Å². The third-order valence-corrected chi connectivity index (χ3v) is 5.23. The van der Waals surface area contributed by atoms with Crippen LogP contribution < -0.4 is 15.0 Å². The smallest absolute Gasteiger partial charge is 0.311 e. The van der Waals surface area contributed by atoms with Gasteiger partial charge in [0.25, 0.3) is 5.91 Å². The van der Waals surface area contributed by atoms with Gasteiger partial charge < -0.3 is 19.7 Å². The van der Waals surface area contributed by atoms with E-state index in [0.29, 0.717) is 22.1 Å². The molecule has 1 heterocycles. The van der Waals surface area contributed by atoms with Crippen molar-refractivity contribution in [2.75, 3.05) is 30.5 Å². The van der Waals surface area contributed by atoms with E-state index in [1.807, 2.05) is 0 Å². The van der Waals surface area contributed by atoms with Gasteiger partial charge in [0.05, 0.1) is 28.8 Å². The van der Waals surface area contributed by atoms with Crippen molar-refractivity contribution in [2.24, 2.45) is 5.92 Å². The first-order chi connectivity index (χ1) is 13.9. The van der Waals surface area contributed by atoms with Gasteiger partial charge in [0.15, 0.2) is 6.61 Å². The lowest BCUT2D eigenvalue weighted by atomic mass is 10.1. The molecule has 2 aromatic carbocycles. The Morgan fingerprint density at radius 3 is 2.59 bits per heavy atom. The van der Waals surface area contributed by atoms with Gasteiger partial charge in [-0.25, -0.2) is 0 Å². The first kappa shape index (κ1) is 21.0. The van der Waals surface area contributed by atoms with E-state index in [1.165, 1.54) is 4.90 Å². The van der Waals surface area contributed by atoms with Crippen LogP contribution in [0.2, 0.25) is 10.0 Å². The summed E-state index contributed by atoms with van der Waals surface area (Å²) in [6, 6.07) is 11.8. The third kappa shape index (κ3) is 4.99. The summed E-state index contributed by atoms with van der Waals surface area (Å²) in [7, 11) is 1.55. The SMILES string of the molecule is COc1ccc(N2CC(C(=O)OCC(=O)Nc3cccc(Cl)c3Cl)CC2=O)cc1. The Kier molecular flexibility index (Phi) is 6.61. The number of anilines is 2. The second-order valence-electron chi connectivity index (χ2n) is 6.36. The maximum absolute atomic E-state index is 12.3. The minimum absolute atomic E-state index is 0.0204. The Hall–Kier alpha value is -2.77. The fourth-order valence-electron chi connectivity index (χ4n) is 2.92. The average Bonchev–Trinajstić information content (AvgIpc) is 3.11. The Balaban J connectivity index is 1.53. The molecule has 29 heavy (non-hydrogen) atoms.